The zero-order valence-electron chi connectivity index (χ0n) is 15.9. The van der Waals surface area contributed by atoms with Gasteiger partial charge in [0.1, 0.15) is 24.8 Å². The third kappa shape index (κ3) is 3.41. The largest absolute Gasteiger partial charge is 0.460 e. The predicted molar refractivity (Wildman–Crippen MR) is 103 cm³/mol. The molecule has 2 aliphatic heterocycles. The number of likely N-dealkylation sites (tertiary alicyclic amines) is 1. The number of benzene rings is 2. The molecular weight excluding hydrogens is 356 g/mol. The van der Waals surface area contributed by atoms with E-state index < -0.39 is 11.6 Å². The fourth-order valence-electron chi connectivity index (χ4n) is 3.94. The van der Waals surface area contributed by atoms with Crippen LogP contribution in [0.25, 0.3) is 0 Å². The highest BCUT2D eigenvalue weighted by Crippen LogP contribution is 2.41. The van der Waals surface area contributed by atoms with E-state index >= 15 is 0 Å². The monoisotopic (exact) mass is 380 g/mol. The highest BCUT2D eigenvalue weighted by Gasteiger charge is 2.61. The van der Waals surface area contributed by atoms with E-state index in [0.29, 0.717) is 26.0 Å². The van der Waals surface area contributed by atoms with E-state index in [1.54, 1.807) is 0 Å². The highest BCUT2D eigenvalue weighted by atomic mass is 16.7. The van der Waals surface area contributed by atoms with Gasteiger partial charge in [0.2, 0.25) is 0 Å². The first-order valence-electron chi connectivity index (χ1n) is 9.52. The van der Waals surface area contributed by atoms with E-state index in [9.17, 15) is 9.59 Å². The molecule has 2 fully saturated rings. The number of amides is 1. The summed E-state index contributed by atoms with van der Waals surface area (Å²) in [7, 11) is 1.83. The van der Waals surface area contributed by atoms with Gasteiger partial charge < -0.3 is 4.74 Å². The minimum atomic E-state index is -0.646. The van der Waals surface area contributed by atoms with E-state index in [-0.39, 0.29) is 18.5 Å². The molecule has 1 spiro atoms. The van der Waals surface area contributed by atoms with Crippen LogP contribution in [-0.4, -0.2) is 47.0 Å². The number of carbonyl (C=O) groups is 2. The standard InChI is InChI=1S/C22H24N2O4/c1-23-19(20(25)27-14-17-8-4-2-5-9-17)12-13-22(23)16-24(21(22)26)28-15-18-10-6-3-7-11-18/h2-11,19H,12-16H2,1H3. The average molecular weight is 380 g/mol. The van der Waals surface area contributed by atoms with Crippen LogP contribution in [0.1, 0.15) is 24.0 Å². The van der Waals surface area contributed by atoms with Crippen molar-refractivity contribution >= 4 is 11.9 Å². The average Bonchev–Trinajstić information content (AvgIpc) is 3.09. The molecule has 2 aromatic carbocycles. The first-order valence-corrected chi connectivity index (χ1v) is 9.52. The number of hydrogen-bond acceptors (Lipinski definition) is 5. The number of rotatable bonds is 6. The second kappa shape index (κ2) is 7.73. The van der Waals surface area contributed by atoms with Gasteiger partial charge in [-0.25, -0.2) is 5.06 Å². The lowest BCUT2D eigenvalue weighted by molar-refractivity contribution is -0.242. The molecule has 6 nitrogen and oxygen atoms in total. The van der Waals surface area contributed by atoms with Crippen molar-refractivity contribution in [1.82, 2.24) is 9.96 Å². The number of β-lactam (4-membered cyclic amide) rings is 1. The van der Waals surface area contributed by atoms with Crippen LogP contribution >= 0.6 is 0 Å². The Balaban J connectivity index is 1.31. The first kappa shape index (κ1) is 18.7. The summed E-state index contributed by atoms with van der Waals surface area (Å²) in [4.78, 5) is 32.8. The van der Waals surface area contributed by atoms with Crippen LogP contribution in [0.15, 0.2) is 60.7 Å². The molecule has 2 atom stereocenters. The summed E-state index contributed by atoms with van der Waals surface area (Å²) >= 11 is 0. The molecule has 28 heavy (non-hydrogen) atoms. The first-order chi connectivity index (χ1) is 13.6. The SMILES string of the molecule is CN1C(C(=O)OCc2ccccc2)CCC12CN(OCc1ccccc1)C2=O. The number of hydrogen-bond donors (Lipinski definition) is 0. The van der Waals surface area contributed by atoms with E-state index in [1.807, 2.05) is 72.6 Å². The highest BCUT2D eigenvalue weighted by molar-refractivity contribution is 5.93. The van der Waals surface area contributed by atoms with Gasteiger partial charge in [-0.05, 0) is 31.0 Å². The van der Waals surface area contributed by atoms with Gasteiger partial charge in [-0.3, -0.25) is 19.3 Å². The van der Waals surface area contributed by atoms with Crippen molar-refractivity contribution in [3.8, 4) is 0 Å². The van der Waals surface area contributed by atoms with Crippen LogP contribution < -0.4 is 0 Å². The zero-order valence-corrected chi connectivity index (χ0v) is 15.9. The third-order valence-electron chi connectivity index (χ3n) is 5.73. The summed E-state index contributed by atoms with van der Waals surface area (Å²) in [5, 5.41) is 1.40. The normalized spacial score (nSPS) is 24.4. The summed E-state index contributed by atoms with van der Waals surface area (Å²) in [6.07, 6.45) is 1.25. The van der Waals surface area contributed by atoms with Gasteiger partial charge >= 0.3 is 5.97 Å². The van der Waals surface area contributed by atoms with Gasteiger partial charge in [0, 0.05) is 0 Å². The number of likely N-dealkylation sites (N-methyl/N-ethyl adjacent to an activating group) is 1. The van der Waals surface area contributed by atoms with E-state index in [4.69, 9.17) is 9.57 Å². The Labute approximate surface area is 164 Å². The van der Waals surface area contributed by atoms with Gasteiger partial charge in [0.05, 0.1) is 6.54 Å². The van der Waals surface area contributed by atoms with E-state index in [2.05, 4.69) is 0 Å². The van der Waals surface area contributed by atoms with Gasteiger partial charge in [-0.15, -0.1) is 0 Å². The van der Waals surface area contributed by atoms with Crippen molar-refractivity contribution in [3.05, 3.63) is 71.8 Å². The number of hydroxylamine groups is 2. The van der Waals surface area contributed by atoms with Crippen LogP contribution in [0.5, 0.6) is 0 Å². The maximum Gasteiger partial charge on any atom is 0.323 e. The Morgan fingerprint density at radius 3 is 2.25 bits per heavy atom. The van der Waals surface area contributed by atoms with E-state index in [1.165, 1.54) is 5.06 Å². The second-order valence-electron chi connectivity index (χ2n) is 7.39. The number of nitrogens with zero attached hydrogens (tertiary/aromatic N) is 2. The Morgan fingerprint density at radius 1 is 1.04 bits per heavy atom. The molecule has 146 valence electrons. The molecule has 0 N–H and O–H groups in total. The Kier molecular flexibility index (Phi) is 5.15. The fraction of sp³-hybridized carbons (Fsp3) is 0.364. The van der Waals surface area contributed by atoms with Crippen molar-refractivity contribution in [2.45, 2.75) is 37.6 Å². The number of esters is 1. The Morgan fingerprint density at radius 2 is 1.64 bits per heavy atom. The van der Waals surface area contributed by atoms with Gasteiger partial charge in [-0.1, -0.05) is 60.7 Å². The molecular formula is C22H24N2O4. The molecule has 1 amide bonds. The molecule has 2 aromatic rings. The summed E-state index contributed by atoms with van der Waals surface area (Å²) in [6.45, 7) is 1.07. The zero-order chi connectivity index (χ0) is 19.6. The summed E-state index contributed by atoms with van der Waals surface area (Å²) in [5.74, 6) is -0.357. The Hall–Kier alpha value is -2.70. The second-order valence-corrected chi connectivity index (χ2v) is 7.39. The minimum absolute atomic E-state index is 0.0794. The lowest BCUT2D eigenvalue weighted by atomic mass is 9.88. The quantitative estimate of drug-likeness (QED) is 0.569. The van der Waals surface area contributed by atoms with Crippen molar-refractivity contribution in [3.63, 3.8) is 0 Å². The topological polar surface area (TPSA) is 59.1 Å². The van der Waals surface area contributed by atoms with Crippen LogP contribution in [0.2, 0.25) is 0 Å². The molecule has 2 aliphatic rings. The lowest BCUT2D eigenvalue weighted by Crippen LogP contribution is -2.72. The molecule has 4 rings (SSSR count). The van der Waals surface area contributed by atoms with Gasteiger partial charge in [-0.2, -0.15) is 0 Å². The minimum Gasteiger partial charge on any atom is -0.460 e. The van der Waals surface area contributed by atoms with Crippen LogP contribution in [0.4, 0.5) is 0 Å². The van der Waals surface area contributed by atoms with Crippen molar-refractivity contribution in [2.75, 3.05) is 13.6 Å². The summed E-state index contributed by atoms with van der Waals surface area (Å²) in [6, 6.07) is 18.9. The van der Waals surface area contributed by atoms with Gasteiger partial charge in [0.25, 0.3) is 5.91 Å². The molecule has 2 saturated heterocycles. The van der Waals surface area contributed by atoms with Crippen LogP contribution in [0, 0.1) is 0 Å². The van der Waals surface area contributed by atoms with Crippen LogP contribution in [0.3, 0.4) is 0 Å². The fourth-order valence-corrected chi connectivity index (χ4v) is 3.94. The molecule has 2 unspecified atom stereocenters. The Bertz CT molecular complexity index is 842. The maximum atomic E-state index is 12.8. The van der Waals surface area contributed by atoms with Crippen molar-refractivity contribution in [2.24, 2.45) is 0 Å². The third-order valence-corrected chi connectivity index (χ3v) is 5.73. The number of ether oxygens (including phenoxy) is 1. The summed E-state index contributed by atoms with van der Waals surface area (Å²) in [5.41, 5.74) is 1.32. The van der Waals surface area contributed by atoms with E-state index in [0.717, 1.165) is 11.1 Å². The number of carbonyl (C=O) groups excluding carboxylic acids is 2. The van der Waals surface area contributed by atoms with Gasteiger partial charge in [0.15, 0.2) is 0 Å². The lowest BCUT2D eigenvalue weighted by Gasteiger charge is -2.49. The molecule has 0 aliphatic carbocycles. The molecule has 2 heterocycles. The molecule has 0 radical (unpaired) electrons. The molecule has 0 bridgehead atoms. The molecule has 0 saturated carbocycles. The summed E-state index contributed by atoms with van der Waals surface area (Å²) < 4.78 is 5.47. The molecule has 0 aromatic heterocycles. The maximum absolute atomic E-state index is 12.8. The predicted octanol–water partition coefficient (Wildman–Crippen LogP) is 2.54. The van der Waals surface area contributed by atoms with Crippen LogP contribution in [-0.2, 0) is 32.4 Å². The molecule has 6 heteroatoms. The van der Waals surface area contributed by atoms with Crippen molar-refractivity contribution in [1.29, 1.82) is 0 Å². The van der Waals surface area contributed by atoms with Crippen molar-refractivity contribution < 1.29 is 19.2 Å². The smallest absolute Gasteiger partial charge is 0.323 e.